The monoisotopic (exact) mass is 442 g/mol. The molecule has 1 saturated heterocycles. The molecule has 30 heavy (non-hydrogen) atoms. The molecule has 1 aliphatic heterocycles. The molecule has 7 nitrogen and oxygen atoms in total. The highest BCUT2D eigenvalue weighted by molar-refractivity contribution is 8.18. The van der Waals surface area contributed by atoms with Crippen molar-refractivity contribution in [2.24, 2.45) is 4.99 Å². The van der Waals surface area contributed by atoms with Gasteiger partial charge < -0.3 is 0 Å². The van der Waals surface area contributed by atoms with Crippen LogP contribution in [0.3, 0.4) is 0 Å². The van der Waals surface area contributed by atoms with Crippen LogP contribution in [-0.2, 0) is 4.79 Å². The second kappa shape index (κ2) is 8.97. The molecule has 1 aromatic heterocycles. The fourth-order valence-electron chi connectivity index (χ4n) is 3.67. The Morgan fingerprint density at radius 1 is 1.23 bits per heavy atom. The quantitative estimate of drug-likeness (QED) is 0.267. The van der Waals surface area contributed by atoms with Crippen molar-refractivity contribution in [2.45, 2.75) is 38.1 Å². The molecule has 2 aromatic rings. The molecule has 4 rings (SSSR count). The van der Waals surface area contributed by atoms with Gasteiger partial charge in [0.15, 0.2) is 10.3 Å². The molecular weight excluding hydrogens is 424 g/mol. The zero-order valence-corrected chi connectivity index (χ0v) is 17.6. The van der Waals surface area contributed by atoms with Crippen LogP contribution in [0.5, 0.6) is 0 Å². The van der Waals surface area contributed by atoms with Crippen LogP contribution in [0, 0.1) is 10.1 Å². The number of aromatic nitrogens is 1. The maximum atomic E-state index is 13.3. The average molecular weight is 443 g/mol. The molecule has 1 aromatic carbocycles. The summed E-state index contributed by atoms with van der Waals surface area (Å²) in [6.07, 6.45) is 8.44. The summed E-state index contributed by atoms with van der Waals surface area (Å²) in [5, 5.41) is 11.9. The minimum Gasteiger partial charge on any atom is -0.283 e. The normalized spacial score (nSPS) is 20.3. The Morgan fingerprint density at radius 3 is 2.77 bits per heavy atom. The van der Waals surface area contributed by atoms with Gasteiger partial charge in [0.1, 0.15) is 5.69 Å². The first-order chi connectivity index (χ1) is 14.5. The highest BCUT2D eigenvalue weighted by atomic mass is 35.5. The number of nitro groups is 1. The van der Waals surface area contributed by atoms with E-state index in [0.29, 0.717) is 21.3 Å². The van der Waals surface area contributed by atoms with Crippen molar-refractivity contribution in [3.05, 3.63) is 68.3 Å². The van der Waals surface area contributed by atoms with Gasteiger partial charge in [0.05, 0.1) is 9.83 Å². The van der Waals surface area contributed by atoms with Crippen molar-refractivity contribution in [3.8, 4) is 0 Å². The zero-order valence-electron chi connectivity index (χ0n) is 16.0. The van der Waals surface area contributed by atoms with E-state index in [1.54, 1.807) is 41.4 Å². The fraction of sp³-hybridized carbons (Fsp3) is 0.286. The van der Waals surface area contributed by atoms with Crippen LogP contribution in [0.2, 0.25) is 5.15 Å². The number of non-ortho nitro benzene ring substituents is 1. The number of amidine groups is 1. The molecule has 1 saturated carbocycles. The number of pyridine rings is 1. The highest BCUT2D eigenvalue weighted by Crippen LogP contribution is 2.39. The van der Waals surface area contributed by atoms with Crippen molar-refractivity contribution in [1.82, 2.24) is 9.88 Å². The van der Waals surface area contributed by atoms with Crippen LogP contribution in [0.25, 0.3) is 6.08 Å². The number of carbonyl (C=O) groups is 1. The van der Waals surface area contributed by atoms with Gasteiger partial charge >= 0.3 is 0 Å². The van der Waals surface area contributed by atoms with Crippen molar-refractivity contribution in [2.75, 3.05) is 0 Å². The third-order valence-electron chi connectivity index (χ3n) is 5.11. The van der Waals surface area contributed by atoms with Crippen LogP contribution < -0.4 is 0 Å². The molecule has 2 aliphatic rings. The van der Waals surface area contributed by atoms with Crippen molar-refractivity contribution < 1.29 is 9.72 Å². The number of hydrogen-bond donors (Lipinski definition) is 0. The van der Waals surface area contributed by atoms with Gasteiger partial charge in [-0.25, -0.2) is 9.98 Å². The van der Waals surface area contributed by atoms with Gasteiger partial charge in [-0.05, 0) is 48.4 Å². The molecule has 154 valence electrons. The Morgan fingerprint density at radius 2 is 2.03 bits per heavy atom. The summed E-state index contributed by atoms with van der Waals surface area (Å²) < 4.78 is 0. The first kappa shape index (κ1) is 20.6. The first-order valence-corrected chi connectivity index (χ1v) is 10.9. The molecule has 2 heterocycles. The summed E-state index contributed by atoms with van der Waals surface area (Å²) in [7, 11) is 0. The van der Waals surface area contributed by atoms with Crippen LogP contribution in [0.1, 0.15) is 37.7 Å². The summed E-state index contributed by atoms with van der Waals surface area (Å²) in [5.74, 6) is -0.128. The second-order valence-electron chi connectivity index (χ2n) is 7.14. The van der Waals surface area contributed by atoms with E-state index < -0.39 is 4.92 Å². The van der Waals surface area contributed by atoms with Crippen molar-refractivity contribution >= 4 is 51.9 Å². The molecule has 2 fully saturated rings. The maximum Gasteiger partial charge on any atom is 0.270 e. The lowest BCUT2D eigenvalue weighted by Gasteiger charge is -2.30. The summed E-state index contributed by atoms with van der Waals surface area (Å²) >= 11 is 7.44. The van der Waals surface area contributed by atoms with Crippen molar-refractivity contribution in [1.29, 1.82) is 0 Å². The minimum atomic E-state index is -0.447. The van der Waals surface area contributed by atoms with Gasteiger partial charge in [-0.1, -0.05) is 43.0 Å². The number of nitro benzene ring substituents is 1. The van der Waals surface area contributed by atoms with Gasteiger partial charge in [-0.3, -0.25) is 19.8 Å². The lowest BCUT2D eigenvalue weighted by Crippen LogP contribution is -2.40. The average Bonchev–Trinajstić information content (AvgIpc) is 3.05. The number of amides is 1. The third-order valence-corrected chi connectivity index (χ3v) is 6.39. The molecule has 0 spiro atoms. The Labute approximate surface area is 183 Å². The summed E-state index contributed by atoms with van der Waals surface area (Å²) in [6.45, 7) is 0. The molecule has 0 N–H and O–H groups in total. The van der Waals surface area contributed by atoms with Gasteiger partial charge in [-0.15, -0.1) is 0 Å². The van der Waals surface area contributed by atoms with Crippen LogP contribution in [-0.4, -0.2) is 31.9 Å². The number of aliphatic imine (C=N–C) groups is 1. The zero-order chi connectivity index (χ0) is 21.1. The number of thioether (sulfide) groups is 1. The van der Waals surface area contributed by atoms with Gasteiger partial charge in [0, 0.05) is 24.4 Å². The molecule has 9 heteroatoms. The molecule has 0 unspecified atom stereocenters. The van der Waals surface area contributed by atoms with E-state index in [2.05, 4.69) is 9.98 Å². The fourth-order valence-corrected chi connectivity index (χ4v) is 4.88. The number of carbonyl (C=O) groups excluding carboxylic acids is 1. The second-order valence-corrected chi connectivity index (χ2v) is 8.50. The van der Waals surface area contributed by atoms with E-state index >= 15 is 0 Å². The van der Waals surface area contributed by atoms with Crippen LogP contribution in [0.15, 0.2) is 52.5 Å². The standard InChI is InChI=1S/C21H19ClN4O3S/c22-19-17(10-5-11-23-19)24-21-25(15-7-2-1-3-8-15)20(27)18(30-21)13-14-6-4-9-16(12-14)26(28)29/h4-6,9-13,15H,1-3,7-8H2/b18-13-,24-21?. The van der Waals surface area contributed by atoms with E-state index in [4.69, 9.17) is 11.6 Å². The molecule has 0 bridgehead atoms. The predicted molar refractivity (Wildman–Crippen MR) is 119 cm³/mol. The van der Waals surface area contributed by atoms with E-state index in [1.807, 2.05) is 0 Å². The van der Waals surface area contributed by atoms with E-state index in [-0.39, 0.29) is 22.8 Å². The van der Waals surface area contributed by atoms with Gasteiger partial charge in [0.25, 0.3) is 11.6 Å². The summed E-state index contributed by atoms with van der Waals surface area (Å²) in [6, 6.07) is 9.83. The van der Waals surface area contributed by atoms with Gasteiger partial charge in [0.2, 0.25) is 0 Å². The number of benzene rings is 1. The topological polar surface area (TPSA) is 88.7 Å². The highest BCUT2D eigenvalue weighted by Gasteiger charge is 2.38. The van der Waals surface area contributed by atoms with E-state index in [1.165, 1.54) is 30.3 Å². The lowest BCUT2D eigenvalue weighted by atomic mass is 9.94. The number of rotatable bonds is 4. The first-order valence-electron chi connectivity index (χ1n) is 9.70. The SMILES string of the molecule is O=C1/C(=C/c2cccc([N+](=O)[O-])c2)SC(=Nc2cccnc2Cl)N1C1CCCCC1. The van der Waals surface area contributed by atoms with Crippen molar-refractivity contribution in [3.63, 3.8) is 0 Å². The Kier molecular flexibility index (Phi) is 6.15. The summed E-state index contributed by atoms with van der Waals surface area (Å²) in [4.78, 5) is 34.9. The van der Waals surface area contributed by atoms with E-state index in [9.17, 15) is 14.9 Å². The summed E-state index contributed by atoms with van der Waals surface area (Å²) in [5.41, 5.74) is 1.09. The largest absolute Gasteiger partial charge is 0.283 e. The number of halogens is 1. The third kappa shape index (κ3) is 4.39. The molecule has 1 amide bonds. The Balaban J connectivity index is 1.72. The van der Waals surface area contributed by atoms with Crippen LogP contribution >= 0.6 is 23.4 Å². The molecule has 1 aliphatic carbocycles. The Hall–Kier alpha value is -2.71. The minimum absolute atomic E-state index is 0.0139. The maximum absolute atomic E-state index is 13.3. The van der Waals surface area contributed by atoms with Gasteiger partial charge in [-0.2, -0.15) is 0 Å². The van der Waals surface area contributed by atoms with E-state index in [0.717, 1.165) is 25.7 Å². The molecule has 0 radical (unpaired) electrons. The molecular formula is C21H19ClN4O3S. The number of nitrogens with zero attached hydrogens (tertiary/aromatic N) is 4. The van der Waals surface area contributed by atoms with Crippen LogP contribution in [0.4, 0.5) is 11.4 Å². The Bertz CT molecular complexity index is 1050. The predicted octanol–water partition coefficient (Wildman–Crippen LogP) is 5.58. The lowest BCUT2D eigenvalue weighted by molar-refractivity contribution is -0.384. The molecule has 0 atom stereocenters. The smallest absolute Gasteiger partial charge is 0.270 e. The number of hydrogen-bond acceptors (Lipinski definition) is 6.